The Morgan fingerprint density at radius 2 is 1.95 bits per heavy atom. The first-order chi connectivity index (χ1) is 10.7. The van der Waals surface area contributed by atoms with Crippen molar-refractivity contribution in [3.05, 3.63) is 65.2 Å². The summed E-state index contributed by atoms with van der Waals surface area (Å²) in [5.41, 5.74) is 2.68. The molecule has 0 bridgehead atoms. The lowest BCUT2D eigenvalue weighted by atomic mass is 10.1. The van der Waals surface area contributed by atoms with Crippen molar-refractivity contribution in [1.29, 1.82) is 1.43 Å². The Morgan fingerprint density at radius 1 is 1.14 bits per heavy atom. The van der Waals surface area contributed by atoms with Crippen LogP contribution in [0.5, 0.6) is 5.75 Å². The van der Waals surface area contributed by atoms with Gasteiger partial charge in [-0.25, -0.2) is 0 Å². The molecule has 4 heteroatoms. The van der Waals surface area contributed by atoms with Crippen molar-refractivity contribution in [3.63, 3.8) is 0 Å². The van der Waals surface area contributed by atoms with Crippen LogP contribution in [0, 0.1) is 0 Å². The third-order valence-electron chi connectivity index (χ3n) is 3.14. The van der Waals surface area contributed by atoms with Gasteiger partial charge in [-0.1, -0.05) is 36.4 Å². The Bertz CT molecular complexity index is 613. The van der Waals surface area contributed by atoms with Crippen molar-refractivity contribution in [2.24, 2.45) is 0 Å². The molecule has 0 aliphatic carbocycles. The molecule has 0 saturated heterocycles. The van der Waals surface area contributed by atoms with E-state index >= 15 is 0 Å². The van der Waals surface area contributed by atoms with Gasteiger partial charge in [-0.05, 0) is 35.2 Å². The zero-order valence-corrected chi connectivity index (χ0v) is 11.6. The number of carboxylic acids is 1. The summed E-state index contributed by atoms with van der Waals surface area (Å²) in [5.74, 6) is -0.185. The number of hydrogen-bond acceptors (Lipinski definition) is 3. The van der Waals surface area contributed by atoms with E-state index in [2.05, 4.69) is 5.11 Å². The molecular weight excluding hydrogens is 268 g/mol. The van der Waals surface area contributed by atoms with Gasteiger partial charge in [-0.15, -0.1) is 0 Å². The molecule has 0 amide bonds. The fourth-order valence-corrected chi connectivity index (χ4v) is 2.04. The number of rotatable bonds is 8. The number of aliphatic hydroxyl groups excluding tert-OH is 1. The Morgan fingerprint density at radius 3 is 2.67 bits per heavy atom. The van der Waals surface area contributed by atoms with Crippen molar-refractivity contribution < 1.29 is 19.7 Å². The maximum atomic E-state index is 10.8. The third kappa shape index (κ3) is 4.61. The van der Waals surface area contributed by atoms with Crippen LogP contribution in [0.1, 0.15) is 23.1 Å². The molecule has 0 atom stereocenters. The second-order valence-electron chi connectivity index (χ2n) is 4.75. The van der Waals surface area contributed by atoms with Gasteiger partial charge >= 0.3 is 5.97 Å². The minimum absolute atomic E-state index is 0.0346. The summed E-state index contributed by atoms with van der Waals surface area (Å²) < 4.78 is 12.6. The quantitative estimate of drug-likeness (QED) is 0.784. The highest BCUT2D eigenvalue weighted by atomic mass is 16.5. The minimum atomic E-state index is -0.851. The van der Waals surface area contributed by atoms with E-state index in [1.807, 2.05) is 42.5 Å². The van der Waals surface area contributed by atoms with Crippen molar-refractivity contribution in [2.45, 2.75) is 26.1 Å². The normalized spacial score (nSPS) is 11.0. The summed E-state index contributed by atoms with van der Waals surface area (Å²) in [5, 5.41) is 13.2. The van der Waals surface area contributed by atoms with Crippen molar-refractivity contribution in [1.82, 2.24) is 0 Å². The molecule has 0 aliphatic heterocycles. The van der Waals surface area contributed by atoms with Crippen LogP contribution in [0.15, 0.2) is 48.5 Å². The van der Waals surface area contributed by atoms with Crippen LogP contribution in [0.25, 0.3) is 0 Å². The molecular formula is C17H18O4. The van der Waals surface area contributed by atoms with Gasteiger partial charge in [0.1, 0.15) is 12.4 Å². The lowest BCUT2D eigenvalue weighted by Crippen LogP contribution is -2.03. The molecule has 2 N–H and O–H groups in total. The first-order valence-corrected chi connectivity index (χ1v) is 6.77. The van der Waals surface area contributed by atoms with Crippen molar-refractivity contribution in [2.75, 3.05) is 0 Å². The predicted molar refractivity (Wildman–Crippen MR) is 79.1 cm³/mol. The van der Waals surface area contributed by atoms with Gasteiger partial charge in [-0.3, -0.25) is 4.79 Å². The van der Waals surface area contributed by atoms with Crippen molar-refractivity contribution in [3.8, 4) is 5.75 Å². The highest BCUT2D eigenvalue weighted by Gasteiger charge is 2.08. The van der Waals surface area contributed by atoms with Gasteiger partial charge in [-0.2, -0.15) is 0 Å². The molecule has 2 aromatic rings. The molecule has 0 aliphatic rings. The van der Waals surface area contributed by atoms with Crippen LogP contribution in [0.3, 0.4) is 0 Å². The number of ether oxygens (including phenoxy) is 1. The number of carbonyl (C=O) groups is 1. The molecule has 110 valence electrons. The van der Waals surface area contributed by atoms with Gasteiger partial charge in [0.15, 0.2) is 0 Å². The van der Waals surface area contributed by atoms with Crippen LogP contribution < -0.4 is 4.74 Å². The number of hydrogen-bond donors (Lipinski definition) is 2. The van der Waals surface area contributed by atoms with Crippen LogP contribution >= 0.6 is 0 Å². The number of aliphatic hydroxyl groups is 1. The molecule has 4 nitrogen and oxygen atoms in total. The highest BCUT2D eigenvalue weighted by molar-refractivity contribution is 5.67. The van der Waals surface area contributed by atoms with E-state index in [1.54, 1.807) is 6.07 Å². The molecule has 21 heavy (non-hydrogen) atoms. The number of aryl methyl sites for hydroxylation is 1. The summed E-state index contributed by atoms with van der Waals surface area (Å²) in [6, 6.07) is 15.2. The van der Waals surface area contributed by atoms with E-state index in [0.717, 1.165) is 16.7 Å². The molecule has 0 saturated carbocycles. The van der Waals surface area contributed by atoms with Gasteiger partial charge in [0.05, 0.1) is 6.61 Å². The van der Waals surface area contributed by atoms with Gasteiger partial charge < -0.3 is 15.0 Å². The number of benzene rings is 2. The Balaban J connectivity index is 2.11. The van der Waals surface area contributed by atoms with E-state index in [4.69, 9.17) is 11.3 Å². The average molecular weight is 288 g/mol. The molecule has 2 rings (SSSR count). The van der Waals surface area contributed by atoms with Crippen molar-refractivity contribution >= 4 is 5.97 Å². The van der Waals surface area contributed by atoms with E-state index in [0.29, 0.717) is 18.8 Å². The molecule has 0 heterocycles. The van der Waals surface area contributed by atoms with E-state index in [9.17, 15) is 4.79 Å². The molecule has 2 aromatic carbocycles. The van der Waals surface area contributed by atoms with Crippen LogP contribution in [-0.2, 0) is 24.4 Å². The molecule has 0 radical (unpaired) electrons. The Labute approximate surface area is 125 Å². The maximum Gasteiger partial charge on any atom is 0.303 e. The largest absolute Gasteiger partial charge is 0.489 e. The van der Waals surface area contributed by atoms with Gasteiger partial charge in [0.25, 0.3) is 0 Å². The number of carboxylic acid groups (broad SMARTS) is 1. The Kier molecular flexibility index (Phi) is 4.84. The fourth-order valence-electron chi connectivity index (χ4n) is 2.04. The lowest BCUT2D eigenvalue weighted by molar-refractivity contribution is -0.136. The van der Waals surface area contributed by atoms with Gasteiger partial charge in [0.2, 0.25) is 1.43 Å². The average Bonchev–Trinajstić information content (AvgIpc) is 2.53. The minimum Gasteiger partial charge on any atom is -0.489 e. The van der Waals surface area contributed by atoms with Crippen LogP contribution in [-0.4, -0.2) is 17.6 Å². The SMILES string of the molecule is [3H]OCc1ccc(OCc2ccccc2)c(CCC(=O)O)c1. The second kappa shape index (κ2) is 7.45. The topological polar surface area (TPSA) is 66.8 Å². The summed E-state index contributed by atoms with van der Waals surface area (Å²) in [6.45, 7) is 0.592. The zero-order chi connectivity index (χ0) is 15.8. The van der Waals surface area contributed by atoms with Crippen LogP contribution in [0.2, 0.25) is 0 Å². The highest BCUT2D eigenvalue weighted by Crippen LogP contribution is 2.23. The standard InChI is InChI=1S/C17H18O4/c18-11-14-6-8-16(15(10-14)7-9-17(19)20)21-12-13-4-2-1-3-5-13/h1-6,8,10,18H,7,9,11-12H2,(H,19,20)/i18T. The summed E-state index contributed by atoms with van der Waals surface area (Å²) in [7, 11) is 0. The molecule has 0 fully saturated rings. The monoisotopic (exact) mass is 288 g/mol. The van der Waals surface area contributed by atoms with E-state index in [1.165, 1.54) is 0 Å². The molecule has 0 aromatic heterocycles. The van der Waals surface area contributed by atoms with Crippen LogP contribution in [0.4, 0.5) is 0 Å². The van der Waals surface area contributed by atoms with E-state index in [-0.39, 0.29) is 13.0 Å². The Hall–Kier alpha value is -2.33. The summed E-state index contributed by atoms with van der Waals surface area (Å²) in [4.78, 5) is 10.8. The lowest BCUT2D eigenvalue weighted by Gasteiger charge is -2.12. The second-order valence-corrected chi connectivity index (χ2v) is 4.75. The first-order valence-electron chi connectivity index (χ1n) is 7.18. The third-order valence-corrected chi connectivity index (χ3v) is 3.14. The number of aliphatic carboxylic acids is 1. The predicted octanol–water partition coefficient (Wildman–Crippen LogP) is 2.78. The zero-order valence-electron chi connectivity index (χ0n) is 12.6. The first kappa shape index (κ1) is 13.6. The smallest absolute Gasteiger partial charge is 0.303 e. The summed E-state index contributed by atoms with van der Waals surface area (Å²) in [6.07, 6.45) is 0.415. The summed E-state index contributed by atoms with van der Waals surface area (Å²) >= 11 is 0. The molecule has 0 spiro atoms. The van der Waals surface area contributed by atoms with Gasteiger partial charge in [0, 0.05) is 6.42 Å². The molecule has 0 unspecified atom stereocenters. The fraction of sp³-hybridized carbons (Fsp3) is 0.235. The maximum absolute atomic E-state index is 10.8. The van der Waals surface area contributed by atoms with E-state index < -0.39 is 5.97 Å².